The maximum atomic E-state index is 13.1. The fourth-order valence-electron chi connectivity index (χ4n) is 3.69. The molecule has 0 unspecified atom stereocenters. The Morgan fingerprint density at radius 1 is 1.23 bits per heavy atom. The van der Waals surface area contributed by atoms with E-state index in [-0.39, 0.29) is 11.9 Å². The number of amides is 1. The SMILES string of the molecule is N#CCCN(C(=O)c1ccc(SCc2cn3ccccc3n2)cc1)C1CCOCC1. The van der Waals surface area contributed by atoms with Crippen LogP contribution in [0.5, 0.6) is 0 Å². The minimum atomic E-state index is -0.00551. The summed E-state index contributed by atoms with van der Waals surface area (Å²) in [5.74, 6) is 0.764. The molecule has 1 aromatic carbocycles. The van der Waals surface area contributed by atoms with Crippen LogP contribution in [0.4, 0.5) is 0 Å². The van der Waals surface area contributed by atoms with E-state index in [0.29, 0.717) is 31.7 Å². The van der Waals surface area contributed by atoms with Crippen LogP contribution in [0, 0.1) is 11.3 Å². The second-order valence-electron chi connectivity index (χ2n) is 7.26. The van der Waals surface area contributed by atoms with Gasteiger partial charge < -0.3 is 14.0 Å². The zero-order valence-corrected chi connectivity index (χ0v) is 17.6. The van der Waals surface area contributed by atoms with Crippen LogP contribution < -0.4 is 0 Å². The first-order valence-electron chi connectivity index (χ1n) is 10.2. The Balaban J connectivity index is 1.40. The zero-order valence-electron chi connectivity index (χ0n) is 16.7. The normalized spacial score (nSPS) is 14.5. The van der Waals surface area contributed by atoms with Crippen molar-refractivity contribution in [2.75, 3.05) is 19.8 Å². The topological polar surface area (TPSA) is 70.6 Å². The van der Waals surface area contributed by atoms with Crippen LogP contribution >= 0.6 is 11.8 Å². The second-order valence-corrected chi connectivity index (χ2v) is 8.31. The Morgan fingerprint density at radius 2 is 2.03 bits per heavy atom. The maximum Gasteiger partial charge on any atom is 0.254 e. The van der Waals surface area contributed by atoms with Crippen LogP contribution in [0.3, 0.4) is 0 Å². The predicted octanol–water partition coefficient (Wildman–Crippen LogP) is 4.16. The van der Waals surface area contributed by atoms with Gasteiger partial charge in [-0.15, -0.1) is 11.8 Å². The highest BCUT2D eigenvalue weighted by Crippen LogP contribution is 2.24. The van der Waals surface area contributed by atoms with E-state index in [1.165, 1.54) is 0 Å². The van der Waals surface area contributed by atoms with Crippen LogP contribution in [-0.4, -0.2) is 46.0 Å². The molecule has 0 N–H and O–H groups in total. The first-order chi connectivity index (χ1) is 14.7. The fourth-order valence-corrected chi connectivity index (χ4v) is 4.47. The Labute approximate surface area is 180 Å². The van der Waals surface area contributed by atoms with E-state index in [2.05, 4.69) is 11.1 Å². The van der Waals surface area contributed by atoms with Gasteiger partial charge in [0.25, 0.3) is 5.91 Å². The van der Waals surface area contributed by atoms with Crippen LogP contribution in [0.15, 0.2) is 59.8 Å². The molecule has 0 atom stereocenters. The number of carbonyl (C=O) groups excluding carboxylic acids is 1. The van der Waals surface area contributed by atoms with Gasteiger partial charge in [-0.05, 0) is 49.2 Å². The number of fused-ring (bicyclic) bond motifs is 1. The summed E-state index contributed by atoms with van der Waals surface area (Å²) in [5, 5.41) is 8.98. The largest absolute Gasteiger partial charge is 0.381 e. The molecule has 154 valence electrons. The number of aromatic nitrogens is 2. The summed E-state index contributed by atoms with van der Waals surface area (Å²) in [4.78, 5) is 20.7. The van der Waals surface area contributed by atoms with Crippen molar-refractivity contribution in [1.29, 1.82) is 5.26 Å². The third-order valence-electron chi connectivity index (χ3n) is 5.26. The van der Waals surface area contributed by atoms with Gasteiger partial charge in [0.2, 0.25) is 0 Å². The minimum Gasteiger partial charge on any atom is -0.381 e. The molecule has 1 fully saturated rings. The van der Waals surface area contributed by atoms with Gasteiger partial charge in [-0.25, -0.2) is 4.98 Å². The van der Waals surface area contributed by atoms with Gasteiger partial charge in [-0.2, -0.15) is 5.26 Å². The Morgan fingerprint density at radius 3 is 2.77 bits per heavy atom. The molecule has 6 nitrogen and oxygen atoms in total. The van der Waals surface area contributed by atoms with E-state index in [1.54, 1.807) is 11.8 Å². The van der Waals surface area contributed by atoms with E-state index in [0.717, 1.165) is 34.8 Å². The lowest BCUT2D eigenvalue weighted by Crippen LogP contribution is -2.43. The molecule has 3 aromatic rings. The van der Waals surface area contributed by atoms with Gasteiger partial charge in [0, 0.05) is 54.4 Å². The van der Waals surface area contributed by atoms with Crippen LogP contribution in [0.1, 0.15) is 35.3 Å². The molecule has 3 heterocycles. The number of nitrogens with zero attached hydrogens (tertiary/aromatic N) is 4. The Bertz CT molecular complexity index is 1000. The van der Waals surface area contributed by atoms with Gasteiger partial charge in [-0.3, -0.25) is 4.79 Å². The number of nitriles is 1. The average Bonchev–Trinajstić information content (AvgIpc) is 3.22. The van der Waals surface area contributed by atoms with E-state index in [4.69, 9.17) is 10.00 Å². The summed E-state index contributed by atoms with van der Waals surface area (Å²) in [6.07, 6.45) is 6.03. The number of hydrogen-bond acceptors (Lipinski definition) is 5. The molecule has 1 saturated heterocycles. The molecule has 1 amide bonds. The van der Waals surface area contributed by atoms with Crippen molar-refractivity contribution in [2.45, 2.75) is 36.0 Å². The zero-order chi connectivity index (χ0) is 20.8. The lowest BCUT2D eigenvalue weighted by atomic mass is 10.0. The molecule has 2 aromatic heterocycles. The van der Waals surface area contributed by atoms with Crippen molar-refractivity contribution < 1.29 is 9.53 Å². The highest BCUT2D eigenvalue weighted by Gasteiger charge is 2.26. The third kappa shape index (κ3) is 4.84. The summed E-state index contributed by atoms with van der Waals surface area (Å²) in [6.45, 7) is 1.80. The molecule has 0 aliphatic carbocycles. The number of thioether (sulfide) groups is 1. The van der Waals surface area contributed by atoms with Crippen molar-refractivity contribution in [2.24, 2.45) is 0 Å². The number of ether oxygens (including phenoxy) is 1. The van der Waals surface area contributed by atoms with Crippen molar-refractivity contribution >= 4 is 23.3 Å². The van der Waals surface area contributed by atoms with Crippen molar-refractivity contribution in [3.63, 3.8) is 0 Å². The molecule has 0 bridgehead atoms. The number of hydrogen-bond donors (Lipinski definition) is 0. The minimum absolute atomic E-state index is 0.00551. The van der Waals surface area contributed by atoms with E-state index >= 15 is 0 Å². The van der Waals surface area contributed by atoms with Gasteiger partial charge in [0.15, 0.2) is 0 Å². The summed E-state index contributed by atoms with van der Waals surface area (Å²) in [7, 11) is 0. The summed E-state index contributed by atoms with van der Waals surface area (Å²) in [5.41, 5.74) is 2.63. The van der Waals surface area contributed by atoms with Gasteiger partial charge in [0.05, 0.1) is 18.2 Å². The molecule has 4 rings (SSSR count). The summed E-state index contributed by atoms with van der Waals surface area (Å²) in [6, 6.07) is 16.0. The lowest BCUT2D eigenvalue weighted by Gasteiger charge is -2.34. The Kier molecular flexibility index (Phi) is 6.67. The van der Waals surface area contributed by atoms with Gasteiger partial charge >= 0.3 is 0 Å². The quantitative estimate of drug-likeness (QED) is 0.537. The van der Waals surface area contributed by atoms with Crippen LogP contribution in [-0.2, 0) is 10.5 Å². The number of rotatable bonds is 7. The number of benzene rings is 1. The van der Waals surface area contributed by atoms with Crippen LogP contribution in [0.25, 0.3) is 5.65 Å². The molecule has 0 saturated carbocycles. The van der Waals surface area contributed by atoms with Crippen molar-refractivity contribution in [3.8, 4) is 6.07 Å². The lowest BCUT2D eigenvalue weighted by molar-refractivity contribution is 0.0296. The maximum absolute atomic E-state index is 13.1. The molecule has 1 aliphatic heterocycles. The molecular formula is C23H24N4O2S. The molecule has 0 radical (unpaired) electrons. The number of pyridine rings is 1. The number of imidazole rings is 1. The summed E-state index contributed by atoms with van der Waals surface area (Å²) < 4.78 is 7.44. The van der Waals surface area contributed by atoms with Crippen molar-refractivity contribution in [1.82, 2.24) is 14.3 Å². The average molecular weight is 421 g/mol. The smallest absolute Gasteiger partial charge is 0.254 e. The standard InChI is InChI=1S/C23H24N4O2S/c24-11-3-13-27(20-9-14-29-15-10-20)23(28)18-5-7-21(8-6-18)30-17-19-16-26-12-2-1-4-22(26)25-19/h1-2,4-8,12,16,20H,3,9-10,13-15,17H2. The van der Waals surface area contributed by atoms with Gasteiger partial charge in [-0.1, -0.05) is 6.07 Å². The summed E-state index contributed by atoms with van der Waals surface area (Å²) >= 11 is 1.70. The monoisotopic (exact) mass is 420 g/mol. The van der Waals surface area contributed by atoms with E-state index in [9.17, 15) is 4.79 Å². The Hall–Kier alpha value is -2.82. The second kappa shape index (κ2) is 9.79. The number of carbonyl (C=O) groups is 1. The fraction of sp³-hybridized carbons (Fsp3) is 0.348. The molecule has 0 spiro atoms. The highest BCUT2D eigenvalue weighted by atomic mass is 32.2. The van der Waals surface area contributed by atoms with Crippen LogP contribution in [0.2, 0.25) is 0 Å². The first kappa shape index (κ1) is 20.5. The highest BCUT2D eigenvalue weighted by molar-refractivity contribution is 7.98. The molecule has 7 heteroatoms. The predicted molar refractivity (Wildman–Crippen MR) is 116 cm³/mol. The third-order valence-corrected chi connectivity index (χ3v) is 6.30. The molecule has 1 aliphatic rings. The van der Waals surface area contributed by atoms with Gasteiger partial charge in [0.1, 0.15) is 5.65 Å². The molecule has 30 heavy (non-hydrogen) atoms. The van der Waals surface area contributed by atoms with Crippen molar-refractivity contribution in [3.05, 3.63) is 66.1 Å². The van der Waals surface area contributed by atoms with E-state index in [1.807, 2.05) is 64.2 Å². The first-order valence-corrected chi connectivity index (χ1v) is 11.1. The van der Waals surface area contributed by atoms with E-state index < -0.39 is 0 Å². The molecular weight excluding hydrogens is 396 g/mol.